The highest BCUT2D eigenvalue weighted by atomic mass is 79.9. The summed E-state index contributed by atoms with van der Waals surface area (Å²) in [7, 11) is 1.90. The maximum absolute atomic E-state index is 13.0. The predicted molar refractivity (Wildman–Crippen MR) is 139 cm³/mol. The number of fused-ring (bicyclic) bond motifs is 1. The van der Waals surface area contributed by atoms with E-state index in [4.69, 9.17) is 9.47 Å². The van der Waals surface area contributed by atoms with Gasteiger partial charge in [0.15, 0.2) is 0 Å². The Morgan fingerprint density at radius 2 is 2.00 bits per heavy atom. The molecular weight excluding hydrogens is 550 g/mol. The highest BCUT2D eigenvalue weighted by molar-refractivity contribution is 9.10. The van der Waals surface area contributed by atoms with Crippen molar-refractivity contribution in [2.24, 2.45) is 7.05 Å². The molecule has 9 nitrogen and oxygen atoms in total. The van der Waals surface area contributed by atoms with Gasteiger partial charge in [0.1, 0.15) is 18.5 Å². The van der Waals surface area contributed by atoms with Crippen molar-refractivity contribution in [1.29, 1.82) is 0 Å². The SMILES string of the molecule is CCOC(=O)c1c(CSc2ccccc2)n(C)c2cc(Br)c(OC[C@H](O)CN3C(=O)CNC3=O)cc12. The summed E-state index contributed by atoms with van der Waals surface area (Å²) in [6.07, 6.45) is -1.08. The van der Waals surface area contributed by atoms with E-state index < -0.39 is 24.0 Å². The third-order valence-corrected chi connectivity index (χ3v) is 7.38. The predicted octanol–water partition coefficient (Wildman–Crippen LogP) is 3.70. The molecule has 0 radical (unpaired) electrons. The van der Waals surface area contributed by atoms with Gasteiger partial charge in [0.05, 0.1) is 35.2 Å². The van der Waals surface area contributed by atoms with E-state index in [0.29, 0.717) is 26.9 Å². The molecule has 3 amide bonds. The number of hydrogen-bond donors (Lipinski definition) is 2. The number of carbonyl (C=O) groups excluding carboxylic acids is 3. The number of urea groups is 1. The van der Waals surface area contributed by atoms with Crippen LogP contribution in [0.15, 0.2) is 51.8 Å². The van der Waals surface area contributed by atoms with Crippen LogP contribution in [0, 0.1) is 0 Å². The molecule has 2 aromatic carbocycles. The topological polar surface area (TPSA) is 110 Å². The molecule has 4 rings (SSSR count). The summed E-state index contributed by atoms with van der Waals surface area (Å²) in [5.41, 5.74) is 2.11. The number of hydrogen-bond acceptors (Lipinski definition) is 7. The number of benzene rings is 2. The summed E-state index contributed by atoms with van der Waals surface area (Å²) < 4.78 is 13.8. The zero-order valence-corrected chi connectivity index (χ0v) is 22.2. The number of ether oxygens (including phenoxy) is 2. The minimum atomic E-state index is -1.08. The summed E-state index contributed by atoms with van der Waals surface area (Å²) in [6, 6.07) is 13.0. The lowest BCUT2D eigenvalue weighted by molar-refractivity contribution is -0.126. The van der Waals surface area contributed by atoms with Crippen LogP contribution in [-0.4, -0.2) is 64.9 Å². The van der Waals surface area contributed by atoms with Crippen LogP contribution in [0.5, 0.6) is 5.75 Å². The van der Waals surface area contributed by atoms with Crippen LogP contribution in [0.2, 0.25) is 0 Å². The average Bonchev–Trinajstić information content (AvgIpc) is 3.32. The van der Waals surface area contributed by atoms with Gasteiger partial charge < -0.3 is 24.5 Å². The molecule has 1 fully saturated rings. The number of aryl methyl sites for hydroxylation is 1. The fourth-order valence-electron chi connectivity index (χ4n) is 3.96. The molecule has 2 N–H and O–H groups in total. The molecule has 0 bridgehead atoms. The molecule has 0 aliphatic carbocycles. The van der Waals surface area contributed by atoms with Crippen LogP contribution >= 0.6 is 27.7 Å². The molecule has 1 atom stereocenters. The number of nitrogens with zero attached hydrogens (tertiary/aromatic N) is 2. The second-order valence-corrected chi connectivity index (χ2v) is 10.0. The molecule has 36 heavy (non-hydrogen) atoms. The molecule has 190 valence electrons. The quantitative estimate of drug-likeness (QED) is 0.215. The average molecular weight is 576 g/mol. The molecular formula is C25H26BrN3O6S. The fourth-order valence-corrected chi connectivity index (χ4v) is 5.39. The van der Waals surface area contributed by atoms with Gasteiger partial charge >= 0.3 is 12.0 Å². The number of esters is 1. The smallest absolute Gasteiger partial charge is 0.340 e. The van der Waals surface area contributed by atoms with E-state index in [9.17, 15) is 19.5 Å². The normalized spacial score (nSPS) is 14.3. The van der Waals surface area contributed by atoms with Crippen molar-refractivity contribution >= 4 is 56.5 Å². The van der Waals surface area contributed by atoms with E-state index >= 15 is 0 Å². The number of aliphatic hydroxyl groups is 1. The van der Waals surface area contributed by atoms with Crippen molar-refractivity contribution < 1.29 is 29.0 Å². The van der Waals surface area contributed by atoms with Crippen LogP contribution in [0.25, 0.3) is 10.9 Å². The minimum Gasteiger partial charge on any atom is -0.490 e. The molecule has 2 heterocycles. The highest BCUT2D eigenvalue weighted by Gasteiger charge is 2.30. The van der Waals surface area contributed by atoms with Gasteiger partial charge in [-0.2, -0.15) is 0 Å². The van der Waals surface area contributed by atoms with E-state index in [0.717, 1.165) is 21.0 Å². The Labute approximate surface area is 220 Å². The molecule has 1 saturated heterocycles. The Bertz CT molecular complexity index is 1280. The molecule has 3 aromatic rings. The number of thioether (sulfide) groups is 1. The van der Waals surface area contributed by atoms with Gasteiger partial charge in [-0.3, -0.25) is 9.69 Å². The second-order valence-electron chi connectivity index (χ2n) is 8.13. The van der Waals surface area contributed by atoms with Crippen molar-refractivity contribution in [3.8, 4) is 5.75 Å². The number of rotatable bonds is 10. The number of halogens is 1. The Morgan fingerprint density at radius 3 is 2.67 bits per heavy atom. The first-order valence-corrected chi connectivity index (χ1v) is 13.1. The summed E-state index contributed by atoms with van der Waals surface area (Å²) in [4.78, 5) is 38.5. The summed E-state index contributed by atoms with van der Waals surface area (Å²) in [6.45, 7) is 1.60. The monoisotopic (exact) mass is 575 g/mol. The van der Waals surface area contributed by atoms with E-state index in [1.807, 2.05) is 48.0 Å². The van der Waals surface area contributed by atoms with Crippen molar-refractivity contribution in [2.75, 3.05) is 26.3 Å². The number of nitrogens with one attached hydrogen (secondary N) is 1. The van der Waals surface area contributed by atoms with E-state index in [1.165, 1.54) is 0 Å². The zero-order valence-electron chi connectivity index (χ0n) is 19.8. The van der Waals surface area contributed by atoms with Crippen LogP contribution in [-0.2, 0) is 22.3 Å². The molecule has 1 aliphatic heterocycles. The highest BCUT2D eigenvalue weighted by Crippen LogP contribution is 2.37. The van der Waals surface area contributed by atoms with Gasteiger partial charge in [0.2, 0.25) is 5.91 Å². The van der Waals surface area contributed by atoms with Gasteiger partial charge in [-0.1, -0.05) is 18.2 Å². The molecule has 1 aromatic heterocycles. The van der Waals surface area contributed by atoms with E-state index in [1.54, 1.807) is 24.8 Å². The van der Waals surface area contributed by atoms with Gasteiger partial charge in [0.25, 0.3) is 0 Å². The number of aliphatic hydroxyl groups excluding tert-OH is 1. The van der Waals surface area contributed by atoms with Gasteiger partial charge in [-0.25, -0.2) is 9.59 Å². The second kappa shape index (κ2) is 11.4. The van der Waals surface area contributed by atoms with Crippen LogP contribution in [0.4, 0.5) is 4.79 Å². The van der Waals surface area contributed by atoms with Crippen molar-refractivity contribution in [3.63, 3.8) is 0 Å². The van der Waals surface area contributed by atoms with E-state index in [-0.39, 0.29) is 26.3 Å². The fraction of sp³-hybridized carbons (Fsp3) is 0.320. The third-order valence-electron chi connectivity index (χ3n) is 5.73. The minimum absolute atomic E-state index is 0.0792. The number of amides is 3. The molecule has 0 spiro atoms. The van der Waals surface area contributed by atoms with Crippen molar-refractivity contribution in [2.45, 2.75) is 23.7 Å². The van der Waals surface area contributed by atoms with Crippen LogP contribution < -0.4 is 10.1 Å². The lowest BCUT2D eigenvalue weighted by Crippen LogP contribution is -2.39. The first-order chi connectivity index (χ1) is 17.3. The Kier molecular flexibility index (Phi) is 8.22. The van der Waals surface area contributed by atoms with Crippen LogP contribution in [0.1, 0.15) is 23.0 Å². The standard InChI is InChI=1S/C25H26BrN3O6S/c1-3-34-24(32)23-17-9-21(35-13-15(30)12-29-22(31)11-27-25(29)33)18(26)10-19(17)28(2)20(23)14-36-16-7-5-4-6-8-16/h4-10,15,30H,3,11-14H2,1-2H3,(H,27,33)/t15-/m1/s1. The molecule has 0 saturated carbocycles. The largest absolute Gasteiger partial charge is 0.490 e. The molecule has 1 aliphatic rings. The Hall–Kier alpha value is -3.02. The van der Waals surface area contributed by atoms with Gasteiger partial charge in [-0.05, 0) is 47.1 Å². The number of β-amino-alcohol motifs (C(OH)–C–C–N with tert-alkyl or cyclic N) is 1. The maximum Gasteiger partial charge on any atom is 0.340 e. The Balaban J connectivity index is 1.60. The van der Waals surface area contributed by atoms with Gasteiger partial charge in [-0.15, -0.1) is 11.8 Å². The molecule has 11 heteroatoms. The molecule has 0 unspecified atom stereocenters. The number of carbonyl (C=O) groups is 3. The number of imide groups is 1. The maximum atomic E-state index is 13.0. The summed E-state index contributed by atoms with van der Waals surface area (Å²) in [5.74, 6) is 0.156. The first kappa shape index (κ1) is 26.1. The summed E-state index contributed by atoms with van der Waals surface area (Å²) >= 11 is 5.14. The van der Waals surface area contributed by atoms with Crippen molar-refractivity contribution in [3.05, 3.63) is 58.2 Å². The first-order valence-electron chi connectivity index (χ1n) is 11.3. The van der Waals surface area contributed by atoms with Crippen LogP contribution in [0.3, 0.4) is 0 Å². The van der Waals surface area contributed by atoms with Gasteiger partial charge in [0, 0.05) is 28.8 Å². The lowest BCUT2D eigenvalue weighted by Gasteiger charge is -2.18. The summed E-state index contributed by atoms with van der Waals surface area (Å²) in [5, 5.41) is 13.4. The number of aromatic nitrogens is 1. The third kappa shape index (κ3) is 5.53. The lowest BCUT2D eigenvalue weighted by atomic mass is 10.1. The van der Waals surface area contributed by atoms with E-state index in [2.05, 4.69) is 21.2 Å². The van der Waals surface area contributed by atoms with Crippen molar-refractivity contribution in [1.82, 2.24) is 14.8 Å². The Morgan fingerprint density at radius 1 is 1.25 bits per heavy atom. The zero-order chi connectivity index (χ0) is 25.8.